The molecular weight excluding hydrogens is 202 g/mol. The van der Waals surface area contributed by atoms with Crippen LogP contribution in [-0.2, 0) is 5.41 Å². The van der Waals surface area contributed by atoms with Gasteiger partial charge >= 0.3 is 0 Å². The molecule has 0 amide bonds. The van der Waals surface area contributed by atoms with E-state index in [9.17, 15) is 10.1 Å². The summed E-state index contributed by atoms with van der Waals surface area (Å²) in [6.45, 7) is 0. The van der Waals surface area contributed by atoms with Crippen LogP contribution in [0.4, 0.5) is 0 Å². The van der Waals surface area contributed by atoms with Crippen LogP contribution >= 0.6 is 0 Å². The number of hydrogen-bond acceptors (Lipinski definition) is 2. The van der Waals surface area contributed by atoms with Gasteiger partial charge in [-0.15, -0.1) is 0 Å². The summed E-state index contributed by atoms with van der Waals surface area (Å²) in [7, 11) is 0. The van der Waals surface area contributed by atoms with Crippen molar-refractivity contribution in [3.63, 3.8) is 0 Å². The normalized spacial score (nSPS) is 47.0. The number of rotatable bonds is 2. The number of hydrogen-bond donors (Lipinski definition) is 0. The molecule has 0 heterocycles. The highest BCUT2D eigenvalue weighted by atomic mass is 16.6. The quantitative estimate of drug-likeness (QED) is 0.561. The van der Waals surface area contributed by atoms with Gasteiger partial charge in [-0.25, -0.2) is 0 Å². The van der Waals surface area contributed by atoms with Crippen LogP contribution in [0.3, 0.4) is 0 Å². The summed E-state index contributed by atoms with van der Waals surface area (Å²) < 4.78 is 0. The van der Waals surface area contributed by atoms with E-state index < -0.39 is 5.54 Å². The van der Waals surface area contributed by atoms with E-state index >= 15 is 0 Å². The largest absolute Gasteiger partial charge is 0.264 e. The van der Waals surface area contributed by atoms with Crippen LogP contribution in [0.15, 0.2) is 30.3 Å². The number of nitrogens with zero attached hydrogens (tertiary/aromatic N) is 1. The van der Waals surface area contributed by atoms with Crippen LogP contribution in [0.2, 0.25) is 0 Å². The van der Waals surface area contributed by atoms with Crippen LogP contribution in [0.1, 0.15) is 24.8 Å². The van der Waals surface area contributed by atoms with Gasteiger partial charge in [-0.2, -0.15) is 0 Å². The summed E-state index contributed by atoms with van der Waals surface area (Å²) >= 11 is 0. The first-order valence-corrected chi connectivity index (χ1v) is 5.97. The number of nitro groups is 1. The molecule has 1 aromatic carbocycles. The molecule has 1 aromatic rings. The van der Waals surface area contributed by atoms with Gasteiger partial charge < -0.3 is 0 Å². The molecule has 3 fully saturated rings. The Kier molecular flexibility index (Phi) is 1.26. The smallest absolute Gasteiger partial charge is 0.240 e. The first-order valence-electron chi connectivity index (χ1n) is 5.97. The van der Waals surface area contributed by atoms with Crippen molar-refractivity contribution in [1.82, 2.24) is 0 Å². The average Bonchev–Trinajstić information content (AvgIpc) is 3.17. The van der Waals surface area contributed by atoms with Gasteiger partial charge in [0.15, 0.2) is 0 Å². The summed E-state index contributed by atoms with van der Waals surface area (Å²) in [5, 5.41) is 11.3. The lowest BCUT2D eigenvalue weighted by Gasteiger charge is -2.23. The predicted molar refractivity (Wildman–Crippen MR) is 58.7 cm³/mol. The highest BCUT2D eigenvalue weighted by Crippen LogP contribution is 2.92. The zero-order valence-electron chi connectivity index (χ0n) is 8.93. The molecule has 0 radical (unpaired) electrons. The summed E-state index contributed by atoms with van der Waals surface area (Å²) in [6, 6.07) is 10.1. The van der Waals surface area contributed by atoms with Crippen molar-refractivity contribution in [2.24, 2.45) is 11.8 Å². The van der Waals surface area contributed by atoms with Crippen molar-refractivity contribution in [3.8, 4) is 0 Å². The molecule has 0 aliphatic heterocycles. The zero-order valence-corrected chi connectivity index (χ0v) is 8.93. The van der Waals surface area contributed by atoms with Gasteiger partial charge in [0.05, 0.1) is 5.41 Å². The molecule has 3 nitrogen and oxygen atoms in total. The maximum Gasteiger partial charge on any atom is 0.240 e. The minimum Gasteiger partial charge on any atom is -0.264 e. The third-order valence-corrected chi connectivity index (χ3v) is 5.20. The van der Waals surface area contributed by atoms with Gasteiger partial charge in [-0.1, -0.05) is 36.8 Å². The molecule has 0 N–H and O–H groups in total. The summed E-state index contributed by atoms with van der Waals surface area (Å²) in [4.78, 5) is 11.3. The first kappa shape index (κ1) is 8.74. The SMILES string of the molecule is O=[N+]([O-])C12C3CCCC1C32c1ccccc1. The highest BCUT2D eigenvalue weighted by Gasteiger charge is 3.08. The average molecular weight is 215 g/mol. The highest BCUT2D eigenvalue weighted by molar-refractivity contribution is 5.60. The first-order chi connectivity index (χ1) is 7.77. The molecular formula is C13H13NO2. The van der Waals surface area contributed by atoms with E-state index in [0.717, 1.165) is 12.8 Å². The molecule has 82 valence electrons. The second-order valence-electron chi connectivity index (χ2n) is 5.35. The zero-order chi connectivity index (χ0) is 11.0. The van der Waals surface area contributed by atoms with Crippen molar-refractivity contribution < 1.29 is 4.92 Å². The Morgan fingerprint density at radius 2 is 1.81 bits per heavy atom. The van der Waals surface area contributed by atoms with Crippen molar-refractivity contribution in [2.75, 3.05) is 0 Å². The van der Waals surface area contributed by atoms with Gasteiger partial charge in [0.25, 0.3) is 0 Å². The Balaban J connectivity index is 1.84. The van der Waals surface area contributed by atoms with Crippen molar-refractivity contribution >= 4 is 0 Å². The number of benzene rings is 1. The molecule has 16 heavy (non-hydrogen) atoms. The molecule has 2 atom stereocenters. The fourth-order valence-electron chi connectivity index (χ4n) is 4.73. The van der Waals surface area contributed by atoms with Gasteiger partial charge in [0.2, 0.25) is 5.54 Å². The van der Waals surface area contributed by atoms with E-state index in [0.29, 0.717) is 11.8 Å². The molecule has 2 unspecified atom stereocenters. The van der Waals surface area contributed by atoms with Gasteiger partial charge in [0, 0.05) is 16.8 Å². The fourth-order valence-corrected chi connectivity index (χ4v) is 4.73. The third kappa shape index (κ3) is 0.593. The lowest BCUT2D eigenvalue weighted by molar-refractivity contribution is -0.531. The molecule has 0 spiro atoms. The van der Waals surface area contributed by atoms with Gasteiger partial charge in [-0.3, -0.25) is 10.1 Å². The molecule has 0 saturated heterocycles. The molecule has 0 aromatic heterocycles. The fraction of sp³-hybridized carbons (Fsp3) is 0.538. The minimum atomic E-state index is -0.549. The van der Waals surface area contributed by atoms with Crippen molar-refractivity contribution in [3.05, 3.63) is 46.0 Å². The third-order valence-electron chi connectivity index (χ3n) is 5.20. The Morgan fingerprint density at radius 1 is 1.19 bits per heavy atom. The minimum absolute atomic E-state index is 0.0223. The van der Waals surface area contributed by atoms with Crippen LogP contribution in [0.5, 0.6) is 0 Å². The lowest BCUT2D eigenvalue weighted by atomic mass is 9.78. The molecule has 3 aliphatic carbocycles. The summed E-state index contributed by atoms with van der Waals surface area (Å²) in [6.07, 6.45) is 3.28. The lowest BCUT2D eigenvalue weighted by Crippen LogP contribution is -2.28. The molecule has 4 rings (SSSR count). The monoisotopic (exact) mass is 215 g/mol. The molecule has 0 bridgehead atoms. The van der Waals surface area contributed by atoms with E-state index in [-0.39, 0.29) is 10.3 Å². The van der Waals surface area contributed by atoms with Crippen LogP contribution < -0.4 is 0 Å². The maximum absolute atomic E-state index is 11.3. The standard InChI is InChI=1S/C13H13NO2/c15-14(16)13-10-7-4-8-11(13)12(10,13)9-5-2-1-3-6-9/h1-3,5-6,10-11H,4,7-8H2. The van der Waals surface area contributed by atoms with E-state index in [1.54, 1.807) is 0 Å². The number of fused-ring (bicyclic) bond motifs is 2. The molecule has 3 aliphatic rings. The topological polar surface area (TPSA) is 43.1 Å². The van der Waals surface area contributed by atoms with E-state index in [1.807, 2.05) is 18.2 Å². The Hall–Kier alpha value is -1.38. The molecule has 3 saturated carbocycles. The van der Waals surface area contributed by atoms with E-state index in [2.05, 4.69) is 12.1 Å². The second-order valence-corrected chi connectivity index (χ2v) is 5.35. The van der Waals surface area contributed by atoms with Crippen LogP contribution in [0.25, 0.3) is 0 Å². The van der Waals surface area contributed by atoms with Crippen molar-refractivity contribution in [1.29, 1.82) is 0 Å². The summed E-state index contributed by atoms with van der Waals surface area (Å²) in [5.41, 5.74) is 0.601. The van der Waals surface area contributed by atoms with E-state index in [1.165, 1.54) is 12.0 Å². The van der Waals surface area contributed by atoms with Crippen LogP contribution in [0, 0.1) is 22.0 Å². The maximum atomic E-state index is 11.3. The Bertz CT molecular complexity index is 470. The van der Waals surface area contributed by atoms with Crippen molar-refractivity contribution in [2.45, 2.75) is 30.2 Å². The van der Waals surface area contributed by atoms with Crippen LogP contribution in [-0.4, -0.2) is 10.5 Å². The Labute approximate surface area is 93.6 Å². The van der Waals surface area contributed by atoms with E-state index in [4.69, 9.17) is 0 Å². The Morgan fingerprint density at radius 3 is 2.31 bits per heavy atom. The van der Waals surface area contributed by atoms with Gasteiger partial charge in [0.1, 0.15) is 0 Å². The predicted octanol–water partition coefficient (Wildman–Crippen LogP) is 2.38. The summed E-state index contributed by atoms with van der Waals surface area (Å²) in [5.74, 6) is 0.660. The second kappa shape index (κ2) is 2.31. The van der Waals surface area contributed by atoms with Gasteiger partial charge in [-0.05, 0) is 18.4 Å². The molecule has 3 heteroatoms.